The maximum atomic E-state index is 13.1. The SMILES string of the molecule is CNc1ccnc(-c2ccc(F)c(C)c2)n1. The lowest BCUT2D eigenvalue weighted by Crippen LogP contribution is -1.96. The summed E-state index contributed by atoms with van der Waals surface area (Å²) in [6, 6.07) is 6.63. The van der Waals surface area contributed by atoms with E-state index in [2.05, 4.69) is 15.3 Å². The van der Waals surface area contributed by atoms with Crippen molar-refractivity contribution in [1.29, 1.82) is 0 Å². The largest absolute Gasteiger partial charge is 0.373 e. The Morgan fingerprint density at radius 2 is 2.06 bits per heavy atom. The fourth-order valence-corrected chi connectivity index (χ4v) is 1.42. The molecule has 82 valence electrons. The van der Waals surface area contributed by atoms with Crippen LogP contribution in [-0.2, 0) is 0 Å². The van der Waals surface area contributed by atoms with Crippen molar-refractivity contribution in [3.8, 4) is 11.4 Å². The molecule has 1 aromatic heterocycles. The summed E-state index contributed by atoms with van der Waals surface area (Å²) in [7, 11) is 1.79. The third-order valence-electron chi connectivity index (χ3n) is 2.33. The molecule has 0 aliphatic rings. The monoisotopic (exact) mass is 217 g/mol. The summed E-state index contributed by atoms with van der Waals surface area (Å²) >= 11 is 0. The fourth-order valence-electron chi connectivity index (χ4n) is 1.42. The molecule has 0 radical (unpaired) electrons. The number of aromatic nitrogens is 2. The van der Waals surface area contributed by atoms with Crippen molar-refractivity contribution in [1.82, 2.24) is 9.97 Å². The predicted molar refractivity (Wildman–Crippen MR) is 61.7 cm³/mol. The standard InChI is InChI=1S/C12H12FN3/c1-8-7-9(3-4-10(8)13)12-15-6-5-11(14-2)16-12/h3-7H,1-2H3,(H,14,15,16). The van der Waals surface area contributed by atoms with Crippen LogP contribution in [0.15, 0.2) is 30.5 Å². The second-order valence-electron chi connectivity index (χ2n) is 3.48. The lowest BCUT2D eigenvalue weighted by atomic mass is 10.1. The average molecular weight is 217 g/mol. The number of hydrogen-bond donors (Lipinski definition) is 1. The van der Waals surface area contributed by atoms with Gasteiger partial charge in [0.05, 0.1) is 0 Å². The molecule has 1 aromatic carbocycles. The van der Waals surface area contributed by atoms with Crippen molar-refractivity contribution in [2.75, 3.05) is 12.4 Å². The van der Waals surface area contributed by atoms with Crippen molar-refractivity contribution in [2.24, 2.45) is 0 Å². The zero-order valence-electron chi connectivity index (χ0n) is 9.16. The van der Waals surface area contributed by atoms with Crippen LogP contribution in [0, 0.1) is 12.7 Å². The number of anilines is 1. The summed E-state index contributed by atoms with van der Waals surface area (Å²) in [5, 5.41) is 2.94. The molecular formula is C12H12FN3. The molecule has 0 amide bonds. The van der Waals surface area contributed by atoms with Gasteiger partial charge in [0.1, 0.15) is 11.6 Å². The van der Waals surface area contributed by atoms with Crippen LogP contribution in [0.2, 0.25) is 0 Å². The van der Waals surface area contributed by atoms with E-state index in [0.717, 1.165) is 11.4 Å². The zero-order valence-corrected chi connectivity index (χ0v) is 9.16. The van der Waals surface area contributed by atoms with E-state index in [1.165, 1.54) is 6.07 Å². The van der Waals surface area contributed by atoms with Gasteiger partial charge in [0.2, 0.25) is 0 Å². The van der Waals surface area contributed by atoms with Crippen LogP contribution in [0.4, 0.5) is 10.2 Å². The van der Waals surface area contributed by atoms with Crippen LogP contribution in [-0.4, -0.2) is 17.0 Å². The molecule has 0 fully saturated rings. The summed E-state index contributed by atoms with van der Waals surface area (Å²) in [5.41, 5.74) is 1.41. The molecule has 0 atom stereocenters. The van der Waals surface area contributed by atoms with Crippen molar-refractivity contribution in [3.63, 3.8) is 0 Å². The molecule has 0 saturated heterocycles. The van der Waals surface area contributed by atoms with Crippen LogP contribution in [0.1, 0.15) is 5.56 Å². The van der Waals surface area contributed by atoms with Gasteiger partial charge in [-0.25, -0.2) is 14.4 Å². The van der Waals surface area contributed by atoms with Gasteiger partial charge in [-0.1, -0.05) is 0 Å². The van der Waals surface area contributed by atoms with E-state index in [-0.39, 0.29) is 5.82 Å². The van der Waals surface area contributed by atoms with Crippen LogP contribution in [0.3, 0.4) is 0 Å². The summed E-state index contributed by atoms with van der Waals surface area (Å²) in [6.45, 7) is 1.72. The Balaban J connectivity index is 2.46. The Morgan fingerprint density at radius 1 is 1.25 bits per heavy atom. The van der Waals surface area contributed by atoms with Crippen molar-refractivity contribution in [3.05, 3.63) is 41.8 Å². The van der Waals surface area contributed by atoms with E-state index in [9.17, 15) is 4.39 Å². The summed E-state index contributed by atoms with van der Waals surface area (Å²) < 4.78 is 13.1. The first kappa shape index (κ1) is 10.5. The van der Waals surface area contributed by atoms with E-state index in [1.807, 2.05) is 0 Å². The van der Waals surface area contributed by atoms with E-state index in [0.29, 0.717) is 11.4 Å². The number of hydrogen-bond acceptors (Lipinski definition) is 3. The third kappa shape index (κ3) is 2.00. The normalized spacial score (nSPS) is 10.2. The minimum Gasteiger partial charge on any atom is -0.373 e. The number of nitrogens with zero attached hydrogens (tertiary/aromatic N) is 2. The second-order valence-corrected chi connectivity index (χ2v) is 3.48. The Morgan fingerprint density at radius 3 is 2.75 bits per heavy atom. The molecule has 0 bridgehead atoms. The Labute approximate surface area is 93.4 Å². The van der Waals surface area contributed by atoms with Crippen molar-refractivity contribution < 1.29 is 4.39 Å². The summed E-state index contributed by atoms with van der Waals surface area (Å²) in [5.74, 6) is 1.12. The summed E-state index contributed by atoms with van der Waals surface area (Å²) in [4.78, 5) is 8.44. The molecule has 0 unspecified atom stereocenters. The van der Waals surface area contributed by atoms with Gasteiger partial charge in [0, 0.05) is 18.8 Å². The molecule has 0 aliphatic carbocycles. The Kier molecular flexibility index (Phi) is 2.81. The van der Waals surface area contributed by atoms with Gasteiger partial charge in [-0.15, -0.1) is 0 Å². The van der Waals surface area contributed by atoms with Gasteiger partial charge < -0.3 is 5.32 Å². The van der Waals surface area contributed by atoms with E-state index < -0.39 is 0 Å². The molecule has 1 N–H and O–H groups in total. The second kappa shape index (κ2) is 4.26. The fraction of sp³-hybridized carbons (Fsp3) is 0.167. The highest BCUT2D eigenvalue weighted by Crippen LogP contribution is 2.19. The maximum Gasteiger partial charge on any atom is 0.161 e. The number of benzene rings is 1. The highest BCUT2D eigenvalue weighted by molar-refractivity contribution is 5.57. The topological polar surface area (TPSA) is 37.8 Å². The highest BCUT2D eigenvalue weighted by Gasteiger charge is 2.04. The molecule has 2 rings (SSSR count). The molecule has 2 aromatic rings. The predicted octanol–water partition coefficient (Wildman–Crippen LogP) is 2.63. The first-order valence-electron chi connectivity index (χ1n) is 4.98. The van der Waals surface area contributed by atoms with Gasteiger partial charge >= 0.3 is 0 Å². The Bertz CT molecular complexity index is 511. The van der Waals surface area contributed by atoms with Crippen LogP contribution in [0.5, 0.6) is 0 Å². The van der Waals surface area contributed by atoms with Crippen molar-refractivity contribution in [2.45, 2.75) is 6.92 Å². The van der Waals surface area contributed by atoms with E-state index >= 15 is 0 Å². The number of rotatable bonds is 2. The van der Waals surface area contributed by atoms with Gasteiger partial charge in [0.15, 0.2) is 5.82 Å². The molecule has 0 saturated carbocycles. The third-order valence-corrected chi connectivity index (χ3v) is 2.33. The van der Waals surface area contributed by atoms with Crippen LogP contribution in [0.25, 0.3) is 11.4 Å². The van der Waals surface area contributed by atoms with E-state index in [4.69, 9.17) is 0 Å². The van der Waals surface area contributed by atoms with Gasteiger partial charge in [-0.05, 0) is 36.8 Å². The lowest BCUT2D eigenvalue weighted by Gasteiger charge is -2.04. The molecule has 0 aliphatic heterocycles. The molecule has 1 heterocycles. The van der Waals surface area contributed by atoms with Crippen LogP contribution >= 0.6 is 0 Å². The molecular weight excluding hydrogens is 205 g/mol. The quantitative estimate of drug-likeness (QED) is 0.840. The molecule has 4 heteroatoms. The number of halogens is 1. The zero-order chi connectivity index (χ0) is 11.5. The summed E-state index contributed by atoms with van der Waals surface area (Å²) in [6.07, 6.45) is 1.67. The highest BCUT2D eigenvalue weighted by atomic mass is 19.1. The van der Waals surface area contributed by atoms with Crippen LogP contribution < -0.4 is 5.32 Å². The Hall–Kier alpha value is -1.97. The lowest BCUT2D eigenvalue weighted by molar-refractivity contribution is 0.618. The van der Waals surface area contributed by atoms with Gasteiger partial charge in [0.25, 0.3) is 0 Å². The molecule has 3 nitrogen and oxygen atoms in total. The first-order valence-corrected chi connectivity index (χ1v) is 4.98. The number of nitrogens with one attached hydrogen (secondary N) is 1. The maximum absolute atomic E-state index is 13.1. The first-order chi connectivity index (χ1) is 7.70. The van der Waals surface area contributed by atoms with E-state index in [1.54, 1.807) is 38.4 Å². The number of aryl methyl sites for hydroxylation is 1. The average Bonchev–Trinajstić information content (AvgIpc) is 2.33. The molecule has 0 spiro atoms. The smallest absolute Gasteiger partial charge is 0.161 e. The van der Waals surface area contributed by atoms with Gasteiger partial charge in [-0.2, -0.15) is 0 Å². The van der Waals surface area contributed by atoms with Crippen molar-refractivity contribution >= 4 is 5.82 Å². The minimum absolute atomic E-state index is 0.214. The molecule has 16 heavy (non-hydrogen) atoms. The minimum atomic E-state index is -0.214. The van der Waals surface area contributed by atoms with Gasteiger partial charge in [-0.3, -0.25) is 0 Å².